The summed E-state index contributed by atoms with van der Waals surface area (Å²) in [6, 6.07) is 10.4. The van der Waals surface area contributed by atoms with Crippen LogP contribution in [-0.4, -0.2) is 23.8 Å². The third-order valence-electron chi connectivity index (χ3n) is 3.63. The van der Waals surface area contributed by atoms with Crippen LogP contribution in [0.5, 0.6) is 0 Å². The van der Waals surface area contributed by atoms with Gasteiger partial charge in [-0.15, -0.1) is 0 Å². The maximum Gasteiger partial charge on any atom is 0.263 e. The van der Waals surface area contributed by atoms with Gasteiger partial charge < -0.3 is 4.57 Å². The number of carbonyl (C=O) groups is 1. The smallest absolute Gasteiger partial charge is 0.263 e. The number of aromatic nitrogens is 2. The van der Waals surface area contributed by atoms with Gasteiger partial charge in [-0.1, -0.05) is 29.3 Å². The van der Waals surface area contributed by atoms with Crippen molar-refractivity contribution in [2.75, 3.05) is 4.72 Å². The maximum atomic E-state index is 12.5. The highest BCUT2D eigenvalue weighted by molar-refractivity contribution is 7.92. The molecule has 1 heterocycles. The predicted octanol–water partition coefficient (Wildman–Crippen LogP) is 3.76. The number of hydrogen-bond acceptors (Lipinski definition) is 4. The predicted molar refractivity (Wildman–Crippen MR) is 100 cm³/mol. The minimum Gasteiger partial charge on any atom is -0.331 e. The number of halogens is 2. The number of imidazole rings is 1. The molecular formula is C17H13Cl2N3O3S. The van der Waals surface area contributed by atoms with Gasteiger partial charge in [0.2, 0.25) is 5.78 Å². The fraction of sp³-hybridized carbons (Fsp3) is 0.0588. The molecule has 0 bridgehead atoms. The van der Waals surface area contributed by atoms with Crippen LogP contribution in [0.15, 0.2) is 59.8 Å². The molecule has 0 saturated carbocycles. The molecule has 3 rings (SSSR count). The van der Waals surface area contributed by atoms with Crippen LogP contribution < -0.4 is 4.72 Å². The number of ketones is 1. The van der Waals surface area contributed by atoms with E-state index in [0.717, 1.165) is 0 Å². The zero-order valence-corrected chi connectivity index (χ0v) is 15.8. The van der Waals surface area contributed by atoms with Gasteiger partial charge in [0.25, 0.3) is 10.0 Å². The normalized spacial score (nSPS) is 11.3. The molecule has 0 unspecified atom stereocenters. The van der Waals surface area contributed by atoms with Crippen molar-refractivity contribution < 1.29 is 13.2 Å². The molecule has 0 spiro atoms. The highest BCUT2D eigenvalue weighted by Gasteiger charge is 2.20. The second-order valence-electron chi connectivity index (χ2n) is 5.43. The first-order chi connectivity index (χ1) is 12.3. The van der Waals surface area contributed by atoms with Gasteiger partial charge in [-0.25, -0.2) is 13.4 Å². The molecule has 0 aliphatic rings. The van der Waals surface area contributed by atoms with Gasteiger partial charge in [-0.05, 0) is 36.4 Å². The van der Waals surface area contributed by atoms with Crippen LogP contribution in [-0.2, 0) is 17.1 Å². The Labute approximate surface area is 160 Å². The van der Waals surface area contributed by atoms with Gasteiger partial charge in [0.05, 0.1) is 10.0 Å². The van der Waals surface area contributed by atoms with Crippen LogP contribution in [0.3, 0.4) is 0 Å². The van der Waals surface area contributed by atoms with Crippen molar-refractivity contribution in [3.8, 4) is 0 Å². The summed E-state index contributed by atoms with van der Waals surface area (Å²) in [4.78, 5) is 16.3. The number of sulfonamides is 1. The number of hydrogen-bond donors (Lipinski definition) is 1. The third-order valence-corrected chi connectivity index (χ3v) is 5.98. The molecule has 0 aliphatic heterocycles. The second-order valence-corrected chi connectivity index (χ2v) is 7.86. The quantitative estimate of drug-likeness (QED) is 0.650. The third kappa shape index (κ3) is 3.60. The van der Waals surface area contributed by atoms with Crippen LogP contribution in [0.25, 0.3) is 0 Å². The highest BCUT2D eigenvalue weighted by atomic mass is 35.5. The number of rotatable bonds is 5. The van der Waals surface area contributed by atoms with E-state index in [1.807, 2.05) is 0 Å². The lowest BCUT2D eigenvalue weighted by Gasteiger charge is -2.10. The van der Waals surface area contributed by atoms with E-state index in [1.165, 1.54) is 48.7 Å². The monoisotopic (exact) mass is 409 g/mol. The maximum absolute atomic E-state index is 12.5. The number of nitrogens with one attached hydrogen (secondary N) is 1. The zero-order valence-electron chi connectivity index (χ0n) is 13.5. The zero-order chi connectivity index (χ0) is 18.9. The first-order valence-corrected chi connectivity index (χ1v) is 9.62. The summed E-state index contributed by atoms with van der Waals surface area (Å²) in [6.07, 6.45) is 3.20. The van der Waals surface area contributed by atoms with E-state index in [4.69, 9.17) is 23.2 Å². The fourth-order valence-electron chi connectivity index (χ4n) is 2.30. The molecule has 0 amide bonds. The lowest BCUT2D eigenvalue weighted by Crippen LogP contribution is -2.14. The van der Waals surface area contributed by atoms with E-state index >= 15 is 0 Å². The molecule has 0 saturated heterocycles. The summed E-state index contributed by atoms with van der Waals surface area (Å²) in [5, 5.41) is 0.0915. The Morgan fingerprint density at radius 2 is 1.81 bits per heavy atom. The van der Waals surface area contributed by atoms with E-state index in [9.17, 15) is 13.2 Å². The average Bonchev–Trinajstić information content (AvgIpc) is 3.03. The van der Waals surface area contributed by atoms with Crippen molar-refractivity contribution in [1.82, 2.24) is 9.55 Å². The lowest BCUT2D eigenvalue weighted by molar-refractivity contribution is 0.102. The van der Waals surface area contributed by atoms with Crippen molar-refractivity contribution in [2.24, 2.45) is 7.05 Å². The standard InChI is InChI=1S/C17H13Cl2N3O3S/c1-22-10-9-20-17(22)16(23)11-5-7-12(8-6-11)21-26(24,25)14-4-2-3-13(18)15(14)19/h2-10,21H,1H3. The molecule has 9 heteroatoms. The Morgan fingerprint density at radius 3 is 2.42 bits per heavy atom. The molecule has 0 atom stereocenters. The molecule has 2 aromatic carbocycles. The van der Waals surface area contributed by atoms with Crippen molar-refractivity contribution in [3.63, 3.8) is 0 Å². The minimum absolute atomic E-state index is 0.0525. The van der Waals surface area contributed by atoms with Crippen LogP contribution in [0.2, 0.25) is 10.0 Å². The van der Waals surface area contributed by atoms with Crippen molar-refractivity contribution in [3.05, 3.63) is 76.3 Å². The number of anilines is 1. The number of aryl methyl sites for hydroxylation is 1. The van der Waals surface area contributed by atoms with Crippen LogP contribution in [0.1, 0.15) is 16.2 Å². The number of nitrogens with zero attached hydrogens (tertiary/aromatic N) is 2. The first kappa shape index (κ1) is 18.4. The van der Waals surface area contributed by atoms with E-state index in [-0.39, 0.29) is 26.4 Å². The van der Waals surface area contributed by atoms with E-state index < -0.39 is 10.0 Å². The Hall–Kier alpha value is -2.35. The van der Waals surface area contributed by atoms with Crippen molar-refractivity contribution >= 4 is 44.7 Å². The Bertz CT molecular complexity index is 1080. The lowest BCUT2D eigenvalue weighted by atomic mass is 10.1. The molecule has 0 fully saturated rings. The SMILES string of the molecule is Cn1ccnc1C(=O)c1ccc(NS(=O)(=O)c2cccc(Cl)c2Cl)cc1. The van der Waals surface area contributed by atoms with Crippen molar-refractivity contribution in [1.29, 1.82) is 0 Å². The highest BCUT2D eigenvalue weighted by Crippen LogP contribution is 2.30. The van der Waals surface area contributed by atoms with E-state index in [0.29, 0.717) is 11.4 Å². The molecular weight excluding hydrogens is 397 g/mol. The second kappa shape index (κ2) is 7.11. The van der Waals surface area contributed by atoms with Gasteiger partial charge in [0, 0.05) is 30.7 Å². The number of carbonyl (C=O) groups excluding carboxylic acids is 1. The minimum atomic E-state index is -3.92. The molecule has 0 radical (unpaired) electrons. The molecule has 0 aliphatic carbocycles. The number of benzene rings is 2. The summed E-state index contributed by atoms with van der Waals surface area (Å²) in [5.74, 6) is 0.0360. The summed E-state index contributed by atoms with van der Waals surface area (Å²) in [7, 11) is -2.20. The molecule has 6 nitrogen and oxygen atoms in total. The van der Waals surface area contributed by atoms with Gasteiger partial charge in [-0.2, -0.15) is 0 Å². The van der Waals surface area contributed by atoms with Crippen LogP contribution >= 0.6 is 23.2 Å². The van der Waals surface area contributed by atoms with Crippen LogP contribution in [0.4, 0.5) is 5.69 Å². The molecule has 1 N–H and O–H groups in total. The molecule has 26 heavy (non-hydrogen) atoms. The van der Waals surface area contributed by atoms with Gasteiger partial charge in [-0.3, -0.25) is 9.52 Å². The Kier molecular flexibility index (Phi) is 5.04. The average molecular weight is 410 g/mol. The molecule has 1 aromatic heterocycles. The summed E-state index contributed by atoms with van der Waals surface area (Å²) >= 11 is 11.8. The van der Waals surface area contributed by atoms with Crippen LogP contribution in [0, 0.1) is 0 Å². The van der Waals surface area contributed by atoms with Crippen molar-refractivity contribution in [2.45, 2.75) is 4.90 Å². The largest absolute Gasteiger partial charge is 0.331 e. The van der Waals surface area contributed by atoms with Gasteiger partial charge >= 0.3 is 0 Å². The fourth-order valence-corrected chi connectivity index (χ4v) is 4.13. The summed E-state index contributed by atoms with van der Waals surface area (Å²) < 4.78 is 29.0. The summed E-state index contributed by atoms with van der Waals surface area (Å²) in [6.45, 7) is 0. The first-order valence-electron chi connectivity index (χ1n) is 7.38. The Morgan fingerprint density at radius 1 is 1.12 bits per heavy atom. The topological polar surface area (TPSA) is 81.1 Å². The molecule has 3 aromatic rings. The van der Waals surface area contributed by atoms with Gasteiger partial charge in [0.1, 0.15) is 4.90 Å². The molecule has 134 valence electrons. The van der Waals surface area contributed by atoms with Gasteiger partial charge in [0.15, 0.2) is 5.82 Å². The van der Waals surface area contributed by atoms with E-state index in [1.54, 1.807) is 17.8 Å². The Balaban J connectivity index is 1.84. The van der Waals surface area contributed by atoms with E-state index in [2.05, 4.69) is 9.71 Å². The summed E-state index contributed by atoms with van der Waals surface area (Å²) in [5.41, 5.74) is 0.681.